The molecule has 4 rings (SSSR count). The molecule has 5 nitrogen and oxygen atoms in total. The van der Waals surface area contributed by atoms with E-state index >= 15 is 0 Å². The average molecular weight is 427 g/mol. The molecule has 28 heavy (non-hydrogen) atoms. The second-order valence-electron chi connectivity index (χ2n) is 10.1. The number of carbonyl (C=O) groups excluding carboxylic acids is 1. The molecule has 1 N–H and O–H groups in total. The first kappa shape index (κ1) is 21.8. The van der Waals surface area contributed by atoms with Gasteiger partial charge in [0.05, 0.1) is 0 Å². The molecule has 3 heterocycles. The van der Waals surface area contributed by atoms with Crippen LogP contribution in [0.2, 0.25) is 0 Å². The highest BCUT2D eigenvalue weighted by molar-refractivity contribution is 7.91. The number of piperidine rings is 2. The van der Waals surface area contributed by atoms with Gasteiger partial charge in [-0.1, -0.05) is 41.5 Å². The van der Waals surface area contributed by atoms with Gasteiger partial charge in [0.2, 0.25) is 5.91 Å². The third-order valence-electron chi connectivity index (χ3n) is 6.96. The quantitative estimate of drug-likeness (QED) is 0.777. The number of hydrogen-bond donors (Lipinski definition) is 1. The summed E-state index contributed by atoms with van der Waals surface area (Å²) in [4.78, 5) is 16.4. The summed E-state index contributed by atoms with van der Waals surface area (Å²) in [6, 6.07) is 2.83. The van der Waals surface area contributed by atoms with Crippen LogP contribution in [-0.4, -0.2) is 37.9 Å². The summed E-state index contributed by atoms with van der Waals surface area (Å²) in [7, 11) is -3.74. The van der Waals surface area contributed by atoms with E-state index in [2.05, 4.69) is 25.5 Å². The first-order chi connectivity index (χ1) is 12.8. The molecule has 3 aliphatic rings. The molecule has 1 aromatic heterocycles. The van der Waals surface area contributed by atoms with Crippen molar-refractivity contribution in [2.24, 2.45) is 22.7 Å². The van der Waals surface area contributed by atoms with Crippen LogP contribution in [0.25, 0.3) is 0 Å². The van der Waals surface area contributed by atoms with E-state index in [1.54, 1.807) is 6.07 Å². The van der Waals surface area contributed by atoms with Gasteiger partial charge in [-0.2, -0.15) is 4.72 Å². The van der Waals surface area contributed by atoms with Gasteiger partial charge in [-0.05, 0) is 54.6 Å². The van der Waals surface area contributed by atoms with E-state index in [0.29, 0.717) is 11.8 Å². The maximum absolute atomic E-state index is 13.5. The van der Waals surface area contributed by atoms with Crippen LogP contribution >= 0.6 is 11.3 Å². The lowest BCUT2D eigenvalue weighted by atomic mass is 9.50. The molecule has 1 saturated carbocycles. The van der Waals surface area contributed by atoms with Crippen molar-refractivity contribution in [3.8, 4) is 0 Å². The number of hydrogen-bond acceptors (Lipinski definition) is 4. The van der Waals surface area contributed by atoms with E-state index in [1.807, 2.05) is 38.7 Å². The first-order valence-electron chi connectivity index (χ1n) is 10.2. The molecule has 1 aromatic rings. The second kappa shape index (κ2) is 7.10. The van der Waals surface area contributed by atoms with E-state index in [4.69, 9.17) is 0 Å². The standard InChI is InChI=1S/C21H34N2O3S2/c1-8-15-9-10-17(27-15)28(25,26)22-18(20(3,4)5)19(24)23-12-14-11-16(13(23)2)21(14,6)7/h9-10,13-14,16,18,22H,8,11-12H2,1-7H3/t13-,14?,16+,18-/m1/s1. The van der Waals surface area contributed by atoms with E-state index in [-0.39, 0.29) is 21.6 Å². The number of thiophene rings is 1. The summed E-state index contributed by atoms with van der Waals surface area (Å²) in [6.07, 6.45) is 1.96. The van der Waals surface area contributed by atoms with Gasteiger partial charge in [0.25, 0.3) is 10.0 Å². The highest BCUT2D eigenvalue weighted by atomic mass is 32.2. The zero-order valence-corrected chi connectivity index (χ0v) is 19.7. The van der Waals surface area contributed by atoms with Crippen molar-refractivity contribution in [1.82, 2.24) is 9.62 Å². The van der Waals surface area contributed by atoms with Crippen LogP contribution < -0.4 is 4.72 Å². The maximum Gasteiger partial charge on any atom is 0.250 e. The van der Waals surface area contributed by atoms with Crippen molar-refractivity contribution in [2.45, 2.75) is 77.6 Å². The average Bonchev–Trinajstić information content (AvgIpc) is 3.08. The van der Waals surface area contributed by atoms with Crippen molar-refractivity contribution in [2.75, 3.05) is 6.54 Å². The number of nitrogens with one attached hydrogen (secondary N) is 1. The Hall–Kier alpha value is -0.920. The number of rotatable bonds is 5. The molecule has 2 bridgehead atoms. The molecule has 0 spiro atoms. The van der Waals surface area contributed by atoms with Crippen molar-refractivity contribution in [3.63, 3.8) is 0 Å². The van der Waals surface area contributed by atoms with E-state index in [9.17, 15) is 13.2 Å². The summed E-state index contributed by atoms with van der Waals surface area (Å²) in [5.41, 5.74) is -0.258. The van der Waals surface area contributed by atoms with Gasteiger partial charge in [0, 0.05) is 17.5 Å². The molecule has 1 amide bonds. The molecular formula is C21H34N2O3S2. The zero-order valence-electron chi connectivity index (χ0n) is 18.1. The van der Waals surface area contributed by atoms with Crippen LogP contribution in [0.15, 0.2) is 16.3 Å². The summed E-state index contributed by atoms with van der Waals surface area (Å²) >= 11 is 1.27. The minimum atomic E-state index is -3.74. The molecule has 3 fully saturated rings. The lowest BCUT2D eigenvalue weighted by Gasteiger charge is -2.63. The largest absolute Gasteiger partial charge is 0.338 e. The minimum Gasteiger partial charge on any atom is -0.338 e. The van der Waals surface area contributed by atoms with Crippen LogP contribution in [0.4, 0.5) is 0 Å². The Morgan fingerprint density at radius 1 is 1.36 bits per heavy atom. The predicted octanol–water partition coefficient (Wildman–Crippen LogP) is 3.90. The Balaban J connectivity index is 1.84. The Morgan fingerprint density at radius 2 is 2.00 bits per heavy atom. The number of nitrogens with zero attached hydrogens (tertiary/aromatic N) is 1. The highest BCUT2D eigenvalue weighted by Crippen LogP contribution is 2.57. The number of fused-ring (bicyclic) bond motifs is 2. The third-order valence-corrected chi connectivity index (χ3v) is 10.1. The Kier molecular flexibility index (Phi) is 5.52. The van der Waals surface area contributed by atoms with Crippen molar-refractivity contribution < 1.29 is 13.2 Å². The molecule has 4 atom stereocenters. The molecule has 0 radical (unpaired) electrons. The molecule has 7 heteroatoms. The van der Waals surface area contributed by atoms with Crippen LogP contribution in [0.3, 0.4) is 0 Å². The summed E-state index contributed by atoms with van der Waals surface area (Å²) < 4.78 is 29.0. The monoisotopic (exact) mass is 426 g/mol. The molecule has 0 aromatic carbocycles. The van der Waals surface area contributed by atoms with Gasteiger partial charge in [0.15, 0.2) is 0 Å². The molecular weight excluding hydrogens is 392 g/mol. The predicted molar refractivity (Wildman–Crippen MR) is 114 cm³/mol. The normalized spacial score (nSPS) is 28.0. The summed E-state index contributed by atoms with van der Waals surface area (Å²) in [6.45, 7) is 15.2. The molecule has 1 aliphatic carbocycles. The third kappa shape index (κ3) is 3.65. The summed E-state index contributed by atoms with van der Waals surface area (Å²) in [5, 5.41) is 0. The second-order valence-corrected chi connectivity index (χ2v) is 13.2. The number of carbonyl (C=O) groups is 1. The van der Waals surface area contributed by atoms with Crippen LogP contribution in [-0.2, 0) is 21.2 Å². The Labute approximate surface area is 173 Å². The maximum atomic E-state index is 13.5. The zero-order chi connectivity index (χ0) is 21.1. The lowest BCUT2D eigenvalue weighted by molar-refractivity contribution is -0.169. The van der Waals surface area contributed by atoms with Gasteiger partial charge < -0.3 is 4.90 Å². The van der Waals surface area contributed by atoms with Crippen molar-refractivity contribution >= 4 is 27.3 Å². The fourth-order valence-corrected chi connectivity index (χ4v) is 7.47. The van der Waals surface area contributed by atoms with Crippen LogP contribution in [0.5, 0.6) is 0 Å². The lowest BCUT2D eigenvalue weighted by Crippen LogP contribution is -2.68. The molecule has 2 aliphatic heterocycles. The van der Waals surface area contributed by atoms with E-state index in [1.165, 1.54) is 17.8 Å². The van der Waals surface area contributed by atoms with Gasteiger partial charge >= 0.3 is 0 Å². The van der Waals surface area contributed by atoms with Crippen LogP contribution in [0, 0.1) is 22.7 Å². The minimum absolute atomic E-state index is 0.0963. The Morgan fingerprint density at radius 3 is 2.46 bits per heavy atom. The number of aryl methyl sites for hydroxylation is 1. The smallest absolute Gasteiger partial charge is 0.250 e. The Bertz CT molecular complexity index is 851. The highest BCUT2D eigenvalue weighted by Gasteiger charge is 2.57. The van der Waals surface area contributed by atoms with Gasteiger partial charge in [-0.15, -0.1) is 11.3 Å². The fraction of sp³-hybridized carbons (Fsp3) is 0.762. The summed E-state index contributed by atoms with van der Waals surface area (Å²) in [5.74, 6) is 0.886. The van der Waals surface area contributed by atoms with Gasteiger partial charge in [-0.3, -0.25) is 4.79 Å². The van der Waals surface area contributed by atoms with E-state index < -0.39 is 21.5 Å². The fourth-order valence-electron chi connectivity index (χ4n) is 4.77. The number of amides is 1. The molecule has 2 saturated heterocycles. The van der Waals surface area contributed by atoms with Gasteiger partial charge in [0.1, 0.15) is 10.3 Å². The number of sulfonamides is 1. The SMILES string of the molecule is CCc1ccc(S(=O)(=O)N[C@H](C(=O)N2CC3C[C@@H]([C@H]2C)C3(C)C)C(C)(C)C)s1. The van der Waals surface area contributed by atoms with Gasteiger partial charge in [-0.25, -0.2) is 8.42 Å². The van der Waals surface area contributed by atoms with Crippen LogP contribution in [0.1, 0.15) is 59.8 Å². The molecule has 1 unspecified atom stereocenters. The topological polar surface area (TPSA) is 66.5 Å². The molecule has 158 valence electrons. The van der Waals surface area contributed by atoms with Crippen molar-refractivity contribution in [3.05, 3.63) is 17.0 Å². The first-order valence-corrected chi connectivity index (χ1v) is 12.5. The van der Waals surface area contributed by atoms with Crippen molar-refractivity contribution in [1.29, 1.82) is 0 Å². The van der Waals surface area contributed by atoms with E-state index in [0.717, 1.165) is 17.8 Å².